The smallest absolute Gasteiger partial charge is 0.246 e. The zero-order valence-electron chi connectivity index (χ0n) is 10.2. The summed E-state index contributed by atoms with van der Waals surface area (Å²) >= 11 is 0. The van der Waals surface area contributed by atoms with Gasteiger partial charge in [-0.3, -0.25) is 0 Å². The first-order chi connectivity index (χ1) is 9.09. The van der Waals surface area contributed by atoms with Crippen LogP contribution < -0.4 is 5.73 Å². The van der Waals surface area contributed by atoms with Gasteiger partial charge < -0.3 is 10.5 Å². The summed E-state index contributed by atoms with van der Waals surface area (Å²) < 4.78 is 31.6. The third-order valence-electron chi connectivity index (χ3n) is 2.86. The fourth-order valence-electron chi connectivity index (χ4n) is 1.87. The van der Waals surface area contributed by atoms with Crippen LogP contribution in [0.2, 0.25) is 0 Å². The maximum absolute atomic E-state index is 12.5. The normalized spacial score (nSPS) is 20.9. The number of nitriles is 1. The second-order valence-corrected chi connectivity index (χ2v) is 5.96. The van der Waals surface area contributed by atoms with Crippen LogP contribution in [0.15, 0.2) is 23.2 Å². The average molecular weight is 282 g/mol. The standard InChI is InChI=1S/C11H14N4O3S/c12-6-9-8-15(4-5-18-9)19(16,17)11-2-1-3-14-10(11)7-13/h1-3,9H,4-6,8,12H2. The van der Waals surface area contributed by atoms with E-state index >= 15 is 0 Å². The first-order valence-electron chi connectivity index (χ1n) is 5.76. The maximum Gasteiger partial charge on any atom is 0.246 e. The van der Waals surface area contributed by atoms with Gasteiger partial charge in [0, 0.05) is 25.8 Å². The predicted octanol–water partition coefficient (Wildman–Crippen LogP) is -0.699. The van der Waals surface area contributed by atoms with Crippen molar-refractivity contribution in [1.29, 1.82) is 5.26 Å². The molecule has 2 N–H and O–H groups in total. The molecular weight excluding hydrogens is 268 g/mol. The van der Waals surface area contributed by atoms with Crippen molar-refractivity contribution in [2.75, 3.05) is 26.2 Å². The summed E-state index contributed by atoms with van der Waals surface area (Å²) in [5.41, 5.74) is 5.39. The third kappa shape index (κ3) is 2.74. The number of nitrogens with two attached hydrogens (primary N) is 1. The molecule has 0 bridgehead atoms. The van der Waals surface area contributed by atoms with E-state index in [0.29, 0.717) is 6.61 Å². The summed E-state index contributed by atoms with van der Waals surface area (Å²) in [5, 5.41) is 8.94. The molecule has 0 amide bonds. The van der Waals surface area contributed by atoms with Crippen molar-refractivity contribution in [3.05, 3.63) is 24.0 Å². The Bertz CT molecular complexity index is 596. The molecule has 0 aliphatic carbocycles. The van der Waals surface area contributed by atoms with Gasteiger partial charge in [-0.25, -0.2) is 13.4 Å². The van der Waals surface area contributed by atoms with Crippen LogP contribution in [0.4, 0.5) is 0 Å². The van der Waals surface area contributed by atoms with E-state index in [-0.39, 0.29) is 36.3 Å². The third-order valence-corrected chi connectivity index (χ3v) is 4.76. The number of hydrogen-bond donors (Lipinski definition) is 1. The van der Waals surface area contributed by atoms with Crippen molar-refractivity contribution >= 4 is 10.0 Å². The van der Waals surface area contributed by atoms with Crippen LogP contribution in [-0.2, 0) is 14.8 Å². The minimum Gasteiger partial charge on any atom is -0.374 e. The lowest BCUT2D eigenvalue weighted by molar-refractivity contribution is 0.00449. The Balaban J connectivity index is 2.35. The fourth-order valence-corrected chi connectivity index (χ4v) is 3.42. The molecule has 8 heteroatoms. The average Bonchev–Trinajstić information content (AvgIpc) is 2.47. The molecule has 1 atom stereocenters. The van der Waals surface area contributed by atoms with Crippen LogP contribution in [0.1, 0.15) is 5.69 Å². The Kier molecular flexibility index (Phi) is 4.11. The molecule has 19 heavy (non-hydrogen) atoms. The molecule has 102 valence electrons. The lowest BCUT2D eigenvalue weighted by Crippen LogP contribution is -2.48. The van der Waals surface area contributed by atoms with Gasteiger partial charge in [0.15, 0.2) is 5.69 Å². The minimum absolute atomic E-state index is 0.0739. The van der Waals surface area contributed by atoms with E-state index < -0.39 is 10.0 Å². The van der Waals surface area contributed by atoms with Gasteiger partial charge in [0.25, 0.3) is 0 Å². The Morgan fingerprint density at radius 3 is 3.11 bits per heavy atom. The Morgan fingerprint density at radius 2 is 2.42 bits per heavy atom. The molecule has 1 fully saturated rings. The molecule has 2 heterocycles. The number of pyridine rings is 1. The number of morpholine rings is 1. The second-order valence-electron chi connectivity index (χ2n) is 4.05. The number of hydrogen-bond acceptors (Lipinski definition) is 6. The first kappa shape index (κ1) is 13.9. The summed E-state index contributed by atoms with van der Waals surface area (Å²) in [6.45, 7) is 0.991. The van der Waals surface area contributed by atoms with Crippen LogP contribution in [-0.4, -0.2) is 50.1 Å². The predicted molar refractivity (Wildman–Crippen MR) is 66.5 cm³/mol. The number of sulfonamides is 1. The van der Waals surface area contributed by atoms with Crippen LogP contribution >= 0.6 is 0 Å². The summed E-state index contributed by atoms with van der Waals surface area (Å²) in [4.78, 5) is 3.70. The van der Waals surface area contributed by atoms with Gasteiger partial charge in [-0.2, -0.15) is 9.57 Å². The van der Waals surface area contributed by atoms with Crippen LogP contribution in [0, 0.1) is 11.3 Å². The summed E-state index contributed by atoms with van der Waals surface area (Å²) in [6.07, 6.45) is 1.07. The molecule has 1 aliphatic heterocycles. The first-order valence-corrected chi connectivity index (χ1v) is 7.20. The number of rotatable bonds is 3. The summed E-state index contributed by atoms with van der Waals surface area (Å²) in [6, 6.07) is 4.67. The van der Waals surface area contributed by atoms with E-state index in [1.54, 1.807) is 6.07 Å². The molecule has 1 saturated heterocycles. The monoisotopic (exact) mass is 282 g/mol. The van der Waals surface area contributed by atoms with Gasteiger partial charge in [-0.05, 0) is 12.1 Å². The summed E-state index contributed by atoms with van der Waals surface area (Å²) in [5.74, 6) is 0. The summed E-state index contributed by atoms with van der Waals surface area (Å²) in [7, 11) is -3.74. The van der Waals surface area contributed by atoms with Crippen molar-refractivity contribution in [3.8, 4) is 6.07 Å². The number of ether oxygens (including phenoxy) is 1. The van der Waals surface area contributed by atoms with Crippen LogP contribution in [0.3, 0.4) is 0 Å². The van der Waals surface area contributed by atoms with Crippen molar-refractivity contribution < 1.29 is 13.2 Å². The molecule has 1 aliphatic rings. The zero-order valence-corrected chi connectivity index (χ0v) is 11.0. The molecule has 0 radical (unpaired) electrons. The van der Waals surface area contributed by atoms with E-state index in [1.165, 1.54) is 22.6 Å². The van der Waals surface area contributed by atoms with E-state index in [0.717, 1.165) is 0 Å². The van der Waals surface area contributed by atoms with Crippen molar-refractivity contribution in [1.82, 2.24) is 9.29 Å². The fraction of sp³-hybridized carbons (Fsp3) is 0.455. The lowest BCUT2D eigenvalue weighted by Gasteiger charge is -2.31. The van der Waals surface area contributed by atoms with E-state index in [9.17, 15) is 8.42 Å². The van der Waals surface area contributed by atoms with E-state index in [2.05, 4.69) is 4.98 Å². The SMILES string of the molecule is N#Cc1ncccc1S(=O)(=O)N1CCOC(CN)C1. The maximum atomic E-state index is 12.5. The molecule has 7 nitrogen and oxygen atoms in total. The van der Waals surface area contributed by atoms with Gasteiger partial charge >= 0.3 is 0 Å². The highest BCUT2D eigenvalue weighted by Gasteiger charge is 2.32. The highest BCUT2D eigenvalue weighted by atomic mass is 32.2. The molecule has 0 saturated carbocycles. The molecule has 1 aromatic rings. The lowest BCUT2D eigenvalue weighted by atomic mass is 10.3. The van der Waals surface area contributed by atoms with Gasteiger partial charge in [-0.1, -0.05) is 0 Å². The quantitative estimate of drug-likeness (QED) is 0.785. The van der Waals surface area contributed by atoms with Crippen LogP contribution in [0.5, 0.6) is 0 Å². The molecule has 0 spiro atoms. The largest absolute Gasteiger partial charge is 0.374 e. The Labute approximate surface area is 111 Å². The molecule has 2 rings (SSSR count). The second kappa shape index (κ2) is 5.63. The molecule has 1 unspecified atom stereocenters. The number of aromatic nitrogens is 1. The molecule has 1 aromatic heterocycles. The van der Waals surface area contributed by atoms with Crippen LogP contribution in [0.25, 0.3) is 0 Å². The van der Waals surface area contributed by atoms with Crippen molar-refractivity contribution in [2.45, 2.75) is 11.0 Å². The highest BCUT2D eigenvalue weighted by molar-refractivity contribution is 7.89. The number of nitrogens with zero attached hydrogens (tertiary/aromatic N) is 3. The van der Waals surface area contributed by atoms with Gasteiger partial charge in [-0.15, -0.1) is 0 Å². The Hall–Kier alpha value is -1.53. The minimum atomic E-state index is -3.74. The molecular formula is C11H14N4O3S. The van der Waals surface area contributed by atoms with Crippen molar-refractivity contribution in [2.24, 2.45) is 5.73 Å². The van der Waals surface area contributed by atoms with Gasteiger partial charge in [0.05, 0.1) is 12.7 Å². The molecule has 0 aromatic carbocycles. The Morgan fingerprint density at radius 1 is 1.63 bits per heavy atom. The topological polar surface area (TPSA) is 109 Å². The zero-order chi connectivity index (χ0) is 13.9. The van der Waals surface area contributed by atoms with E-state index in [4.69, 9.17) is 15.7 Å². The highest BCUT2D eigenvalue weighted by Crippen LogP contribution is 2.20. The van der Waals surface area contributed by atoms with Crippen molar-refractivity contribution in [3.63, 3.8) is 0 Å². The van der Waals surface area contributed by atoms with E-state index in [1.807, 2.05) is 0 Å². The van der Waals surface area contributed by atoms with Gasteiger partial charge in [0.1, 0.15) is 11.0 Å². The van der Waals surface area contributed by atoms with Gasteiger partial charge in [0.2, 0.25) is 10.0 Å².